The maximum Gasteiger partial charge on any atom is 0.238 e. The van der Waals surface area contributed by atoms with Crippen LogP contribution >= 0.6 is 0 Å². The zero-order chi connectivity index (χ0) is 9.81. The van der Waals surface area contributed by atoms with Gasteiger partial charge in [-0.25, -0.2) is 0 Å². The normalized spacial score (nSPS) is 37.5. The number of amides is 1. The van der Waals surface area contributed by atoms with Crippen LogP contribution in [0.25, 0.3) is 0 Å². The first-order valence-electron chi connectivity index (χ1n) is 5.73. The molecule has 3 aliphatic rings. The molecule has 0 aromatic carbocycles. The largest absolute Gasteiger partial charge is 0.337 e. The van der Waals surface area contributed by atoms with Crippen molar-refractivity contribution < 1.29 is 4.79 Å². The van der Waals surface area contributed by atoms with Crippen LogP contribution in [0.15, 0.2) is 0 Å². The summed E-state index contributed by atoms with van der Waals surface area (Å²) >= 11 is 0. The minimum atomic E-state index is -0.0374. The number of rotatable bonds is 0. The maximum absolute atomic E-state index is 11.5. The second-order valence-corrected chi connectivity index (χ2v) is 5.44. The van der Waals surface area contributed by atoms with Crippen molar-refractivity contribution in [1.29, 1.82) is 0 Å². The van der Waals surface area contributed by atoms with Crippen LogP contribution in [0.2, 0.25) is 0 Å². The molecule has 3 fully saturated rings. The van der Waals surface area contributed by atoms with E-state index in [1.807, 2.05) is 6.92 Å². The topological polar surface area (TPSA) is 41.1 Å². The van der Waals surface area contributed by atoms with Gasteiger partial charge >= 0.3 is 0 Å². The average Bonchev–Trinajstić information content (AvgIpc) is 2.86. The molecule has 0 radical (unpaired) electrons. The Morgan fingerprint density at radius 2 is 1.71 bits per heavy atom. The van der Waals surface area contributed by atoms with Gasteiger partial charge in [0.05, 0.1) is 11.7 Å². The van der Waals surface area contributed by atoms with E-state index < -0.39 is 0 Å². The third-order valence-electron chi connectivity index (χ3n) is 4.37. The summed E-state index contributed by atoms with van der Waals surface area (Å²) in [5.74, 6) is 0.178. The van der Waals surface area contributed by atoms with Crippen LogP contribution in [0.1, 0.15) is 45.4 Å². The molecule has 0 aromatic heterocycles. The second-order valence-electron chi connectivity index (χ2n) is 5.44. The summed E-state index contributed by atoms with van der Waals surface area (Å²) < 4.78 is 0. The van der Waals surface area contributed by atoms with Crippen LogP contribution < -0.4 is 10.6 Å². The molecule has 2 N–H and O–H groups in total. The number of hydrogen-bond donors (Lipinski definition) is 2. The molecule has 3 nitrogen and oxygen atoms in total. The minimum absolute atomic E-state index is 0.00301. The quantitative estimate of drug-likeness (QED) is 0.607. The molecule has 1 aliphatic heterocycles. The third kappa shape index (κ3) is 1.18. The van der Waals surface area contributed by atoms with E-state index in [0.29, 0.717) is 5.41 Å². The van der Waals surface area contributed by atoms with E-state index in [0.717, 1.165) is 12.8 Å². The molecule has 0 bridgehead atoms. The maximum atomic E-state index is 11.5. The Hall–Kier alpha value is -0.570. The van der Waals surface area contributed by atoms with E-state index in [1.165, 1.54) is 25.7 Å². The van der Waals surface area contributed by atoms with Crippen LogP contribution in [0.4, 0.5) is 0 Å². The molecule has 1 unspecified atom stereocenters. The predicted molar refractivity (Wildman–Crippen MR) is 53.6 cm³/mol. The highest BCUT2D eigenvalue weighted by Gasteiger charge is 2.52. The van der Waals surface area contributed by atoms with Crippen molar-refractivity contribution in [2.24, 2.45) is 5.41 Å². The lowest BCUT2D eigenvalue weighted by molar-refractivity contribution is -0.120. The van der Waals surface area contributed by atoms with Crippen molar-refractivity contribution in [3.63, 3.8) is 0 Å². The molecule has 2 aliphatic carbocycles. The first-order chi connectivity index (χ1) is 6.63. The summed E-state index contributed by atoms with van der Waals surface area (Å²) in [7, 11) is 0. The third-order valence-corrected chi connectivity index (χ3v) is 4.37. The van der Waals surface area contributed by atoms with Crippen LogP contribution in [0.5, 0.6) is 0 Å². The van der Waals surface area contributed by atoms with Gasteiger partial charge in [-0.1, -0.05) is 0 Å². The monoisotopic (exact) mass is 194 g/mol. The van der Waals surface area contributed by atoms with Gasteiger partial charge in [-0.15, -0.1) is 0 Å². The summed E-state index contributed by atoms with van der Waals surface area (Å²) in [6.45, 7) is 1.95. The van der Waals surface area contributed by atoms with E-state index in [-0.39, 0.29) is 17.6 Å². The summed E-state index contributed by atoms with van der Waals surface area (Å²) in [4.78, 5) is 11.5. The zero-order valence-corrected chi connectivity index (χ0v) is 8.73. The average molecular weight is 194 g/mol. The molecular weight excluding hydrogens is 176 g/mol. The number of carbonyl (C=O) groups is 1. The van der Waals surface area contributed by atoms with E-state index >= 15 is 0 Å². The van der Waals surface area contributed by atoms with Crippen LogP contribution in [0.3, 0.4) is 0 Å². The standard InChI is InChI=1S/C11H18N2O/c1-8-9(14)13-11(12-8)6-4-10(2-3-10)5-7-11/h8,12H,2-7H2,1H3,(H,13,14). The van der Waals surface area contributed by atoms with Gasteiger partial charge in [-0.2, -0.15) is 0 Å². The van der Waals surface area contributed by atoms with Gasteiger partial charge in [0.15, 0.2) is 0 Å². The van der Waals surface area contributed by atoms with E-state index in [9.17, 15) is 4.79 Å². The number of nitrogens with one attached hydrogen (secondary N) is 2. The molecule has 0 aromatic rings. The first-order valence-corrected chi connectivity index (χ1v) is 5.73. The van der Waals surface area contributed by atoms with Crippen molar-refractivity contribution in [1.82, 2.24) is 10.6 Å². The minimum Gasteiger partial charge on any atom is -0.337 e. The number of hydrogen-bond acceptors (Lipinski definition) is 2. The fraction of sp³-hybridized carbons (Fsp3) is 0.909. The molecule has 14 heavy (non-hydrogen) atoms. The smallest absolute Gasteiger partial charge is 0.238 e. The van der Waals surface area contributed by atoms with Gasteiger partial charge in [0.1, 0.15) is 0 Å². The zero-order valence-electron chi connectivity index (χ0n) is 8.73. The highest BCUT2D eigenvalue weighted by molar-refractivity contribution is 5.84. The predicted octanol–water partition coefficient (Wildman–Crippen LogP) is 1.14. The van der Waals surface area contributed by atoms with Crippen LogP contribution in [-0.4, -0.2) is 17.6 Å². The lowest BCUT2D eigenvalue weighted by Crippen LogP contribution is -2.52. The van der Waals surface area contributed by atoms with Gasteiger partial charge in [0, 0.05) is 0 Å². The van der Waals surface area contributed by atoms with Gasteiger partial charge in [-0.05, 0) is 50.9 Å². The SMILES string of the molecule is CC1NC2(CCC3(CC3)CC2)NC1=O. The summed E-state index contributed by atoms with van der Waals surface area (Å²) in [6.07, 6.45) is 7.70. The van der Waals surface area contributed by atoms with Gasteiger partial charge in [-0.3, -0.25) is 10.1 Å². The molecule has 2 spiro atoms. The van der Waals surface area contributed by atoms with Crippen molar-refractivity contribution >= 4 is 5.91 Å². The van der Waals surface area contributed by atoms with Crippen molar-refractivity contribution in [3.8, 4) is 0 Å². The molecule has 2 saturated carbocycles. The molecule has 3 rings (SSSR count). The summed E-state index contributed by atoms with van der Waals surface area (Å²) in [5.41, 5.74) is 0.661. The summed E-state index contributed by atoms with van der Waals surface area (Å²) in [6, 6.07) is 0.00301. The Morgan fingerprint density at radius 1 is 1.14 bits per heavy atom. The number of carbonyl (C=O) groups excluding carboxylic acids is 1. The molecule has 1 atom stereocenters. The van der Waals surface area contributed by atoms with Crippen molar-refractivity contribution in [2.75, 3.05) is 0 Å². The Labute approximate surface area is 84.6 Å². The van der Waals surface area contributed by atoms with Gasteiger partial charge in [0.2, 0.25) is 5.91 Å². The Bertz CT molecular complexity index is 273. The van der Waals surface area contributed by atoms with Gasteiger partial charge in [0.25, 0.3) is 0 Å². The fourth-order valence-corrected chi connectivity index (χ4v) is 3.01. The highest BCUT2D eigenvalue weighted by atomic mass is 16.2. The summed E-state index contributed by atoms with van der Waals surface area (Å²) in [5, 5.41) is 6.56. The second kappa shape index (κ2) is 2.51. The van der Waals surface area contributed by atoms with E-state index in [2.05, 4.69) is 10.6 Å². The molecule has 1 amide bonds. The Kier molecular flexibility index (Phi) is 1.56. The van der Waals surface area contributed by atoms with Crippen LogP contribution in [-0.2, 0) is 4.79 Å². The highest BCUT2D eigenvalue weighted by Crippen LogP contribution is 2.57. The van der Waals surface area contributed by atoms with Crippen molar-refractivity contribution in [2.45, 2.75) is 57.2 Å². The molecule has 1 heterocycles. The fourth-order valence-electron chi connectivity index (χ4n) is 3.01. The molecule has 78 valence electrons. The molecular formula is C11H18N2O. The Morgan fingerprint density at radius 3 is 2.14 bits per heavy atom. The van der Waals surface area contributed by atoms with Gasteiger partial charge < -0.3 is 5.32 Å². The first kappa shape index (κ1) is 8.72. The lowest BCUT2D eigenvalue weighted by atomic mass is 9.80. The Balaban J connectivity index is 1.71. The van der Waals surface area contributed by atoms with Crippen molar-refractivity contribution in [3.05, 3.63) is 0 Å². The lowest BCUT2D eigenvalue weighted by Gasteiger charge is -2.37. The van der Waals surface area contributed by atoms with E-state index in [4.69, 9.17) is 0 Å². The molecule has 3 heteroatoms. The van der Waals surface area contributed by atoms with E-state index in [1.54, 1.807) is 0 Å². The molecule has 1 saturated heterocycles. The van der Waals surface area contributed by atoms with Crippen LogP contribution in [0, 0.1) is 5.41 Å².